The van der Waals surface area contributed by atoms with Crippen LogP contribution in [-0.4, -0.2) is 22.9 Å². The molecule has 0 aliphatic heterocycles. The van der Waals surface area contributed by atoms with Crippen LogP contribution in [0.4, 0.5) is 0 Å². The number of methoxy groups -OCH3 is 1. The van der Waals surface area contributed by atoms with Gasteiger partial charge in [0.2, 0.25) is 0 Å². The Kier molecular flexibility index (Phi) is 5.09. The van der Waals surface area contributed by atoms with E-state index in [1.807, 2.05) is 6.07 Å². The van der Waals surface area contributed by atoms with Gasteiger partial charge in [0.15, 0.2) is 5.78 Å². The Morgan fingerprint density at radius 3 is 2.50 bits per heavy atom. The summed E-state index contributed by atoms with van der Waals surface area (Å²) in [6, 6.07) is 14.0. The molecule has 0 spiro atoms. The van der Waals surface area contributed by atoms with Crippen molar-refractivity contribution in [3.8, 4) is 5.75 Å². The summed E-state index contributed by atoms with van der Waals surface area (Å²) in [5, 5.41) is 0. The van der Waals surface area contributed by atoms with E-state index in [0.29, 0.717) is 16.2 Å². The molecule has 3 nitrogen and oxygen atoms in total. The normalized spacial score (nSPS) is 11.9. The highest BCUT2D eigenvalue weighted by Gasteiger charge is 2.12. The summed E-state index contributed by atoms with van der Waals surface area (Å²) < 4.78 is 18.0. The third-order valence-corrected chi connectivity index (χ3v) is 4.55. The standard InChI is InChI=1S/C15H13BrO3S/c1-19-13-5-7-14(8-6-13)20(18)10-15(17)11-3-2-4-12(16)9-11/h2-9H,10H2,1H3. The van der Waals surface area contributed by atoms with Gasteiger partial charge in [0.1, 0.15) is 5.75 Å². The number of Topliss-reactive ketones (excluding diaryl/α,β-unsaturated/α-hetero) is 1. The molecule has 0 heterocycles. The first kappa shape index (κ1) is 14.9. The molecule has 0 aliphatic carbocycles. The van der Waals surface area contributed by atoms with E-state index in [2.05, 4.69) is 15.9 Å². The minimum absolute atomic E-state index is 0.0250. The zero-order valence-corrected chi connectivity index (χ0v) is 13.2. The second-order valence-corrected chi connectivity index (χ2v) is 6.47. The van der Waals surface area contributed by atoms with E-state index in [4.69, 9.17) is 4.74 Å². The summed E-state index contributed by atoms with van der Waals surface area (Å²) in [7, 11) is 0.221. The van der Waals surface area contributed by atoms with Gasteiger partial charge in [-0.2, -0.15) is 0 Å². The van der Waals surface area contributed by atoms with Crippen molar-refractivity contribution < 1.29 is 13.7 Å². The van der Waals surface area contributed by atoms with Crippen LogP contribution in [0.2, 0.25) is 0 Å². The fraction of sp³-hybridized carbons (Fsp3) is 0.133. The van der Waals surface area contributed by atoms with Gasteiger partial charge in [0.25, 0.3) is 0 Å². The molecular formula is C15H13BrO3S. The highest BCUT2D eigenvalue weighted by atomic mass is 79.9. The van der Waals surface area contributed by atoms with E-state index < -0.39 is 10.8 Å². The summed E-state index contributed by atoms with van der Waals surface area (Å²) in [5.41, 5.74) is 0.557. The minimum atomic E-state index is -1.35. The molecule has 0 amide bonds. The lowest BCUT2D eigenvalue weighted by atomic mass is 10.2. The molecule has 0 aromatic heterocycles. The number of hydrogen-bond donors (Lipinski definition) is 0. The lowest BCUT2D eigenvalue weighted by Crippen LogP contribution is -2.11. The molecule has 0 radical (unpaired) electrons. The Morgan fingerprint density at radius 2 is 1.90 bits per heavy atom. The maximum absolute atomic E-state index is 12.2. The first-order chi connectivity index (χ1) is 9.60. The Bertz CT molecular complexity index is 638. The van der Waals surface area contributed by atoms with Crippen molar-refractivity contribution in [2.75, 3.05) is 12.9 Å². The largest absolute Gasteiger partial charge is 0.497 e. The number of carbonyl (C=O) groups is 1. The summed E-state index contributed by atoms with van der Waals surface area (Å²) in [6.45, 7) is 0. The number of rotatable bonds is 5. The summed E-state index contributed by atoms with van der Waals surface area (Å²) in [6.07, 6.45) is 0. The molecular weight excluding hydrogens is 340 g/mol. The lowest BCUT2D eigenvalue weighted by molar-refractivity contribution is 0.102. The first-order valence-corrected chi connectivity index (χ1v) is 8.02. The summed E-state index contributed by atoms with van der Waals surface area (Å²) >= 11 is 3.32. The first-order valence-electron chi connectivity index (χ1n) is 5.91. The van der Waals surface area contributed by atoms with Crippen LogP contribution in [0.25, 0.3) is 0 Å². The topological polar surface area (TPSA) is 43.4 Å². The second kappa shape index (κ2) is 6.81. The van der Waals surface area contributed by atoms with Gasteiger partial charge in [-0.15, -0.1) is 0 Å². The third kappa shape index (κ3) is 3.77. The van der Waals surface area contributed by atoms with Crippen molar-refractivity contribution in [2.24, 2.45) is 0 Å². The van der Waals surface area contributed by atoms with Crippen LogP contribution in [0.5, 0.6) is 5.75 Å². The van der Waals surface area contributed by atoms with E-state index in [0.717, 1.165) is 4.47 Å². The van der Waals surface area contributed by atoms with Crippen molar-refractivity contribution in [1.82, 2.24) is 0 Å². The molecule has 0 saturated carbocycles. The molecule has 20 heavy (non-hydrogen) atoms. The molecule has 5 heteroatoms. The molecule has 2 aromatic carbocycles. The van der Waals surface area contributed by atoms with Crippen LogP contribution in [-0.2, 0) is 10.8 Å². The van der Waals surface area contributed by atoms with Gasteiger partial charge in [-0.25, -0.2) is 0 Å². The molecule has 0 N–H and O–H groups in total. The van der Waals surface area contributed by atoms with Gasteiger partial charge in [0, 0.05) is 14.9 Å². The summed E-state index contributed by atoms with van der Waals surface area (Å²) in [5.74, 6) is 0.535. The number of ketones is 1. The predicted molar refractivity (Wildman–Crippen MR) is 82.7 cm³/mol. The molecule has 0 aliphatic rings. The SMILES string of the molecule is COc1ccc(S(=O)CC(=O)c2cccc(Br)c2)cc1. The van der Waals surface area contributed by atoms with Crippen LogP contribution in [0.3, 0.4) is 0 Å². The third-order valence-electron chi connectivity index (χ3n) is 2.73. The zero-order valence-electron chi connectivity index (χ0n) is 10.8. The van der Waals surface area contributed by atoms with E-state index in [-0.39, 0.29) is 11.5 Å². The Balaban J connectivity index is 2.08. The minimum Gasteiger partial charge on any atom is -0.497 e. The quantitative estimate of drug-likeness (QED) is 0.774. The van der Waals surface area contributed by atoms with Crippen LogP contribution in [0, 0.1) is 0 Å². The number of hydrogen-bond acceptors (Lipinski definition) is 3. The molecule has 0 fully saturated rings. The van der Waals surface area contributed by atoms with Gasteiger partial charge in [-0.1, -0.05) is 28.1 Å². The van der Waals surface area contributed by atoms with Gasteiger partial charge in [0.05, 0.1) is 23.7 Å². The van der Waals surface area contributed by atoms with Crippen LogP contribution in [0.1, 0.15) is 10.4 Å². The molecule has 1 unspecified atom stereocenters. The maximum atomic E-state index is 12.2. The Morgan fingerprint density at radius 1 is 1.20 bits per heavy atom. The Hall–Kier alpha value is -1.46. The van der Waals surface area contributed by atoms with Gasteiger partial charge < -0.3 is 4.74 Å². The summed E-state index contributed by atoms with van der Waals surface area (Å²) in [4.78, 5) is 12.7. The lowest BCUT2D eigenvalue weighted by Gasteiger charge is -2.04. The Labute approximate surface area is 128 Å². The van der Waals surface area contributed by atoms with Gasteiger partial charge in [-0.3, -0.25) is 9.00 Å². The molecule has 0 saturated heterocycles. The van der Waals surface area contributed by atoms with Crippen molar-refractivity contribution in [3.05, 3.63) is 58.6 Å². The van der Waals surface area contributed by atoms with Crippen molar-refractivity contribution in [2.45, 2.75) is 4.90 Å². The molecule has 2 rings (SSSR count). The molecule has 2 aromatic rings. The van der Waals surface area contributed by atoms with E-state index >= 15 is 0 Å². The number of benzene rings is 2. The van der Waals surface area contributed by atoms with E-state index in [1.54, 1.807) is 49.6 Å². The van der Waals surface area contributed by atoms with Crippen LogP contribution >= 0.6 is 15.9 Å². The zero-order chi connectivity index (χ0) is 14.5. The highest BCUT2D eigenvalue weighted by molar-refractivity contribution is 9.10. The number of halogens is 1. The van der Waals surface area contributed by atoms with Gasteiger partial charge >= 0.3 is 0 Å². The van der Waals surface area contributed by atoms with Crippen LogP contribution < -0.4 is 4.74 Å². The predicted octanol–water partition coefficient (Wildman–Crippen LogP) is 3.45. The number of carbonyl (C=O) groups excluding carboxylic acids is 1. The van der Waals surface area contributed by atoms with Gasteiger partial charge in [-0.05, 0) is 36.4 Å². The van der Waals surface area contributed by atoms with Crippen molar-refractivity contribution in [3.63, 3.8) is 0 Å². The molecule has 104 valence electrons. The highest BCUT2D eigenvalue weighted by Crippen LogP contribution is 2.16. The van der Waals surface area contributed by atoms with Crippen LogP contribution in [0.15, 0.2) is 57.9 Å². The number of ether oxygens (including phenoxy) is 1. The smallest absolute Gasteiger partial charge is 0.175 e. The fourth-order valence-corrected chi connectivity index (χ4v) is 3.09. The van der Waals surface area contributed by atoms with Crippen molar-refractivity contribution >= 4 is 32.5 Å². The fourth-order valence-electron chi connectivity index (χ4n) is 1.68. The maximum Gasteiger partial charge on any atom is 0.175 e. The average molecular weight is 353 g/mol. The average Bonchev–Trinajstić information content (AvgIpc) is 2.47. The monoisotopic (exact) mass is 352 g/mol. The van der Waals surface area contributed by atoms with Crippen molar-refractivity contribution in [1.29, 1.82) is 0 Å². The molecule has 0 bridgehead atoms. The van der Waals surface area contributed by atoms with E-state index in [9.17, 15) is 9.00 Å². The molecule has 1 atom stereocenters. The van der Waals surface area contributed by atoms with E-state index in [1.165, 1.54) is 0 Å². The second-order valence-electron chi connectivity index (χ2n) is 4.10.